The smallest absolute Gasteiger partial charge is 0.374 e. The van der Waals surface area contributed by atoms with Crippen molar-refractivity contribution in [2.24, 2.45) is 5.73 Å². The van der Waals surface area contributed by atoms with Crippen molar-refractivity contribution in [1.29, 1.82) is 0 Å². The number of carbonyl (C=O) groups is 1. The highest BCUT2D eigenvalue weighted by Crippen LogP contribution is 2.09. The zero-order chi connectivity index (χ0) is 13.2. The molecular weight excluding hydrogens is 230 g/mol. The fraction of sp³-hybridized carbons (Fsp3) is 0.643. The molecule has 0 saturated carbocycles. The predicted molar refractivity (Wildman–Crippen MR) is 70.3 cm³/mol. The van der Waals surface area contributed by atoms with E-state index in [9.17, 15) is 4.79 Å². The average molecular weight is 253 g/mol. The van der Waals surface area contributed by atoms with Crippen LogP contribution in [0.15, 0.2) is 16.5 Å². The van der Waals surface area contributed by atoms with Crippen LogP contribution in [0, 0.1) is 0 Å². The first-order valence-electron chi connectivity index (χ1n) is 6.73. The summed E-state index contributed by atoms with van der Waals surface area (Å²) in [6, 6.07) is 3.30. The first kappa shape index (κ1) is 14.8. The highest BCUT2D eigenvalue weighted by Gasteiger charge is 2.11. The number of nitrogens with two attached hydrogens (primary N) is 1. The number of hydrogen-bond acceptors (Lipinski definition) is 4. The maximum atomic E-state index is 11.6. The maximum Gasteiger partial charge on any atom is 0.374 e. The van der Waals surface area contributed by atoms with Crippen LogP contribution in [0.1, 0.15) is 61.8 Å². The Bertz CT molecular complexity index is 347. The van der Waals surface area contributed by atoms with Gasteiger partial charge in [-0.05, 0) is 18.6 Å². The summed E-state index contributed by atoms with van der Waals surface area (Å²) in [5.74, 6) is 0.436. The van der Waals surface area contributed by atoms with Crippen molar-refractivity contribution < 1.29 is 13.9 Å². The molecule has 18 heavy (non-hydrogen) atoms. The van der Waals surface area contributed by atoms with Gasteiger partial charge in [0, 0.05) is 0 Å². The molecule has 0 fully saturated rings. The third-order valence-electron chi connectivity index (χ3n) is 2.80. The Morgan fingerprint density at radius 3 is 2.61 bits per heavy atom. The normalized spacial score (nSPS) is 10.6. The number of esters is 1. The molecule has 0 amide bonds. The van der Waals surface area contributed by atoms with Crippen LogP contribution < -0.4 is 5.73 Å². The lowest BCUT2D eigenvalue weighted by molar-refractivity contribution is 0.0459. The summed E-state index contributed by atoms with van der Waals surface area (Å²) in [6.07, 6.45) is 7.04. The van der Waals surface area contributed by atoms with E-state index < -0.39 is 5.97 Å². The fourth-order valence-electron chi connectivity index (χ4n) is 1.72. The molecule has 1 heterocycles. The predicted octanol–water partition coefficient (Wildman–Crippen LogP) is 3.26. The molecule has 0 radical (unpaired) electrons. The molecule has 0 bridgehead atoms. The molecule has 0 aliphatic carbocycles. The van der Waals surface area contributed by atoms with Gasteiger partial charge in [0.2, 0.25) is 5.76 Å². The van der Waals surface area contributed by atoms with E-state index in [4.69, 9.17) is 14.9 Å². The lowest BCUT2D eigenvalue weighted by atomic mass is 10.1. The summed E-state index contributed by atoms with van der Waals surface area (Å²) in [6.45, 7) is 2.95. The van der Waals surface area contributed by atoms with Crippen molar-refractivity contribution in [3.05, 3.63) is 23.7 Å². The van der Waals surface area contributed by atoms with Gasteiger partial charge in [-0.2, -0.15) is 0 Å². The molecule has 0 saturated heterocycles. The Morgan fingerprint density at radius 1 is 1.22 bits per heavy atom. The Kier molecular flexibility index (Phi) is 7.18. The minimum Gasteiger partial charge on any atom is -0.460 e. The fourth-order valence-corrected chi connectivity index (χ4v) is 1.72. The van der Waals surface area contributed by atoms with Crippen molar-refractivity contribution in [1.82, 2.24) is 0 Å². The lowest BCUT2D eigenvalue weighted by Crippen LogP contribution is -2.05. The van der Waals surface area contributed by atoms with Crippen molar-refractivity contribution in [2.75, 3.05) is 6.61 Å². The molecule has 0 aliphatic rings. The first-order valence-corrected chi connectivity index (χ1v) is 6.73. The number of rotatable bonds is 9. The highest BCUT2D eigenvalue weighted by molar-refractivity contribution is 5.86. The molecule has 0 spiro atoms. The van der Waals surface area contributed by atoms with Crippen LogP contribution in [0.4, 0.5) is 0 Å². The van der Waals surface area contributed by atoms with Crippen molar-refractivity contribution in [3.8, 4) is 0 Å². The first-order chi connectivity index (χ1) is 8.77. The van der Waals surface area contributed by atoms with Crippen molar-refractivity contribution in [2.45, 2.75) is 52.0 Å². The van der Waals surface area contributed by atoms with E-state index in [2.05, 4.69) is 6.92 Å². The summed E-state index contributed by atoms with van der Waals surface area (Å²) in [7, 11) is 0. The number of ether oxygens (including phenoxy) is 1. The van der Waals surface area contributed by atoms with E-state index >= 15 is 0 Å². The molecule has 1 aromatic heterocycles. The van der Waals surface area contributed by atoms with Gasteiger partial charge >= 0.3 is 5.97 Å². The summed E-state index contributed by atoms with van der Waals surface area (Å²) >= 11 is 0. The van der Waals surface area contributed by atoms with Crippen LogP contribution in [-0.4, -0.2) is 12.6 Å². The molecule has 102 valence electrons. The van der Waals surface area contributed by atoms with Gasteiger partial charge in [0.05, 0.1) is 13.2 Å². The average Bonchev–Trinajstić information content (AvgIpc) is 2.86. The van der Waals surface area contributed by atoms with E-state index in [1.165, 1.54) is 25.7 Å². The molecule has 1 aromatic rings. The SMILES string of the molecule is CCCCCCCCOC(=O)c1ccc(CN)o1. The van der Waals surface area contributed by atoms with Gasteiger partial charge in [-0.3, -0.25) is 0 Å². The van der Waals surface area contributed by atoms with Crippen LogP contribution in [-0.2, 0) is 11.3 Å². The second-order valence-electron chi connectivity index (χ2n) is 4.37. The van der Waals surface area contributed by atoms with Crippen LogP contribution >= 0.6 is 0 Å². The third kappa shape index (κ3) is 5.36. The monoisotopic (exact) mass is 253 g/mol. The lowest BCUT2D eigenvalue weighted by Gasteiger charge is -2.03. The highest BCUT2D eigenvalue weighted by atomic mass is 16.5. The molecule has 0 unspecified atom stereocenters. The number of carbonyl (C=O) groups excluding carboxylic acids is 1. The minimum absolute atomic E-state index is 0.237. The Labute approximate surface area is 108 Å². The standard InChI is InChI=1S/C14H23NO3/c1-2-3-4-5-6-7-10-17-14(16)13-9-8-12(11-15)18-13/h8-9H,2-7,10-11,15H2,1H3. The molecule has 2 N–H and O–H groups in total. The van der Waals surface area contributed by atoms with Gasteiger partial charge in [0.15, 0.2) is 0 Å². The number of furan rings is 1. The van der Waals surface area contributed by atoms with Crippen LogP contribution in [0.25, 0.3) is 0 Å². The van der Waals surface area contributed by atoms with Crippen LogP contribution in [0.2, 0.25) is 0 Å². The molecule has 4 heteroatoms. The van der Waals surface area contributed by atoms with Crippen LogP contribution in [0.3, 0.4) is 0 Å². The van der Waals surface area contributed by atoms with E-state index in [1.54, 1.807) is 12.1 Å². The molecule has 0 atom stereocenters. The van der Waals surface area contributed by atoms with E-state index in [1.807, 2.05) is 0 Å². The summed E-state index contributed by atoms with van der Waals surface area (Å²) in [5.41, 5.74) is 5.40. The van der Waals surface area contributed by atoms with Gasteiger partial charge < -0.3 is 14.9 Å². The second-order valence-corrected chi connectivity index (χ2v) is 4.37. The van der Waals surface area contributed by atoms with Gasteiger partial charge in [0.1, 0.15) is 5.76 Å². The van der Waals surface area contributed by atoms with Gasteiger partial charge in [-0.15, -0.1) is 0 Å². The van der Waals surface area contributed by atoms with Gasteiger partial charge in [-0.1, -0.05) is 39.0 Å². The zero-order valence-electron chi connectivity index (χ0n) is 11.1. The van der Waals surface area contributed by atoms with E-state index in [-0.39, 0.29) is 5.76 Å². The molecule has 4 nitrogen and oxygen atoms in total. The quantitative estimate of drug-likeness (QED) is 0.542. The second kappa shape index (κ2) is 8.75. The Hall–Kier alpha value is -1.29. The Balaban J connectivity index is 2.10. The maximum absolute atomic E-state index is 11.6. The summed E-state index contributed by atoms with van der Waals surface area (Å²) in [4.78, 5) is 11.6. The Morgan fingerprint density at radius 2 is 1.94 bits per heavy atom. The molecule has 0 aliphatic heterocycles. The number of unbranched alkanes of at least 4 members (excludes halogenated alkanes) is 5. The topological polar surface area (TPSA) is 65.5 Å². The number of hydrogen-bond donors (Lipinski definition) is 1. The summed E-state index contributed by atoms with van der Waals surface area (Å²) < 4.78 is 10.3. The van der Waals surface area contributed by atoms with Crippen LogP contribution in [0.5, 0.6) is 0 Å². The minimum atomic E-state index is -0.400. The van der Waals surface area contributed by atoms with Crippen molar-refractivity contribution >= 4 is 5.97 Å². The molecule has 0 aromatic carbocycles. The van der Waals surface area contributed by atoms with Gasteiger partial charge in [0.25, 0.3) is 0 Å². The van der Waals surface area contributed by atoms with E-state index in [0.29, 0.717) is 18.9 Å². The molecular formula is C14H23NO3. The largest absolute Gasteiger partial charge is 0.460 e. The van der Waals surface area contributed by atoms with Gasteiger partial charge in [-0.25, -0.2) is 4.79 Å². The third-order valence-corrected chi connectivity index (χ3v) is 2.80. The zero-order valence-corrected chi connectivity index (χ0v) is 11.1. The summed E-state index contributed by atoms with van der Waals surface area (Å²) in [5, 5.41) is 0. The van der Waals surface area contributed by atoms with E-state index in [0.717, 1.165) is 12.8 Å². The molecule has 1 rings (SSSR count). The van der Waals surface area contributed by atoms with Crippen molar-refractivity contribution in [3.63, 3.8) is 0 Å².